The number of nitrogens with zero attached hydrogens (tertiary/aromatic N) is 2. The minimum atomic E-state index is -1.33. The normalized spacial score (nSPS) is 17.1. The summed E-state index contributed by atoms with van der Waals surface area (Å²) in [4.78, 5) is 41.3. The summed E-state index contributed by atoms with van der Waals surface area (Å²) in [5.74, 6) is -4.21. The van der Waals surface area contributed by atoms with E-state index in [9.17, 15) is 19.5 Å². The molecule has 1 aliphatic rings. The molecule has 0 bridgehead atoms. The Morgan fingerprint density at radius 3 is 2.54 bits per heavy atom. The number of rotatable bonds is 4. The predicted octanol–water partition coefficient (Wildman–Crippen LogP) is 2.62. The average molecular weight is 462 g/mol. The van der Waals surface area contributed by atoms with Crippen LogP contribution in [0.3, 0.4) is 0 Å². The van der Waals surface area contributed by atoms with Gasteiger partial charge in [-0.05, 0) is 54.7 Å². The van der Waals surface area contributed by atoms with Crippen LogP contribution in [-0.4, -0.2) is 39.3 Å². The number of phenols is 1. The lowest BCUT2D eigenvalue weighted by Crippen LogP contribution is -2.58. The van der Waals surface area contributed by atoms with E-state index in [1.54, 1.807) is 24.3 Å². The molecule has 0 radical (unpaired) electrons. The summed E-state index contributed by atoms with van der Waals surface area (Å²) in [5.41, 5.74) is 0.306. The second-order valence-electron chi connectivity index (χ2n) is 5.71. The largest absolute Gasteiger partial charge is 0.507 e. The standard InChI is InChI=1S/C18H12BrN3O5S/c19-9-1-4-11(5-2-9)22-16(25)13(15(24)21-18(22)28)8-20-10-3-6-14(23)12(7-10)17(26)27/h1-8,13,23H,(H,26,27)(H,21,24,28)/t13-/m0/s1. The number of hydrogen-bond acceptors (Lipinski definition) is 6. The molecule has 1 heterocycles. The van der Waals surface area contributed by atoms with Gasteiger partial charge in [0.2, 0.25) is 5.91 Å². The fraction of sp³-hybridized carbons (Fsp3) is 0.0556. The maximum absolute atomic E-state index is 12.8. The molecular formula is C18H12BrN3O5S. The van der Waals surface area contributed by atoms with Gasteiger partial charge in [-0.3, -0.25) is 19.5 Å². The van der Waals surface area contributed by atoms with E-state index in [1.165, 1.54) is 17.0 Å². The Morgan fingerprint density at radius 1 is 1.21 bits per heavy atom. The Morgan fingerprint density at radius 2 is 1.89 bits per heavy atom. The maximum atomic E-state index is 12.8. The second kappa shape index (κ2) is 7.87. The quantitative estimate of drug-likeness (QED) is 0.365. The van der Waals surface area contributed by atoms with Crippen LogP contribution in [0.25, 0.3) is 0 Å². The monoisotopic (exact) mass is 461 g/mol. The van der Waals surface area contributed by atoms with Crippen LogP contribution in [0, 0.1) is 5.92 Å². The number of anilines is 1. The molecule has 1 aliphatic heterocycles. The average Bonchev–Trinajstić information content (AvgIpc) is 2.63. The van der Waals surface area contributed by atoms with Crippen molar-refractivity contribution in [3.05, 3.63) is 52.5 Å². The van der Waals surface area contributed by atoms with Crippen molar-refractivity contribution in [2.24, 2.45) is 10.9 Å². The van der Waals surface area contributed by atoms with Gasteiger partial charge in [0.25, 0.3) is 5.91 Å². The summed E-state index contributed by atoms with van der Waals surface area (Å²) >= 11 is 8.42. The molecule has 2 aromatic carbocycles. The minimum absolute atomic E-state index is 0.0419. The van der Waals surface area contributed by atoms with Crippen molar-refractivity contribution in [2.75, 3.05) is 4.90 Å². The molecule has 2 amide bonds. The Bertz CT molecular complexity index is 1020. The van der Waals surface area contributed by atoms with E-state index in [0.717, 1.165) is 16.8 Å². The molecular weight excluding hydrogens is 450 g/mol. The molecule has 10 heteroatoms. The SMILES string of the molecule is O=C(O)c1cc(N=C[C@H]2C(=O)NC(=S)N(c3ccc(Br)cc3)C2=O)ccc1O. The summed E-state index contributed by atoms with van der Waals surface area (Å²) in [6, 6.07) is 10.5. The van der Waals surface area contributed by atoms with Crippen molar-refractivity contribution in [1.82, 2.24) is 5.32 Å². The van der Waals surface area contributed by atoms with Crippen LogP contribution in [0.4, 0.5) is 11.4 Å². The summed E-state index contributed by atoms with van der Waals surface area (Å²) in [7, 11) is 0. The number of hydrogen-bond donors (Lipinski definition) is 3. The van der Waals surface area contributed by atoms with Gasteiger partial charge in [-0.25, -0.2) is 4.79 Å². The van der Waals surface area contributed by atoms with Gasteiger partial charge in [-0.15, -0.1) is 0 Å². The Balaban J connectivity index is 1.89. The molecule has 0 aliphatic carbocycles. The number of carbonyl (C=O) groups is 3. The fourth-order valence-corrected chi connectivity index (χ4v) is 3.05. The topological polar surface area (TPSA) is 119 Å². The van der Waals surface area contributed by atoms with Crippen molar-refractivity contribution >= 4 is 68.6 Å². The van der Waals surface area contributed by atoms with Crippen LogP contribution >= 0.6 is 28.1 Å². The van der Waals surface area contributed by atoms with Crippen molar-refractivity contribution in [3.8, 4) is 5.75 Å². The molecule has 0 spiro atoms. The fourth-order valence-electron chi connectivity index (χ4n) is 2.49. The zero-order valence-corrected chi connectivity index (χ0v) is 16.4. The summed E-state index contributed by atoms with van der Waals surface area (Å²) < 4.78 is 0.815. The molecule has 3 rings (SSSR count). The van der Waals surface area contributed by atoms with Gasteiger partial charge in [-0.2, -0.15) is 0 Å². The van der Waals surface area contributed by atoms with Crippen LogP contribution in [0.2, 0.25) is 0 Å². The Labute approximate surface area is 172 Å². The first-order valence-electron chi connectivity index (χ1n) is 7.83. The summed E-state index contributed by atoms with van der Waals surface area (Å²) in [5, 5.41) is 21.0. The van der Waals surface area contributed by atoms with E-state index in [-0.39, 0.29) is 16.4 Å². The van der Waals surface area contributed by atoms with Gasteiger partial charge in [0.05, 0.1) is 11.4 Å². The van der Waals surface area contributed by atoms with Gasteiger partial charge in [-0.1, -0.05) is 15.9 Å². The third kappa shape index (κ3) is 3.92. The highest BCUT2D eigenvalue weighted by Gasteiger charge is 2.38. The number of thiocarbonyl (C=S) groups is 1. The highest BCUT2D eigenvalue weighted by atomic mass is 79.9. The minimum Gasteiger partial charge on any atom is -0.507 e. The smallest absolute Gasteiger partial charge is 0.339 e. The van der Waals surface area contributed by atoms with Crippen LogP contribution in [-0.2, 0) is 9.59 Å². The second-order valence-corrected chi connectivity index (χ2v) is 7.01. The third-order valence-electron chi connectivity index (χ3n) is 3.87. The van der Waals surface area contributed by atoms with E-state index in [2.05, 4.69) is 26.2 Å². The van der Waals surface area contributed by atoms with Crippen molar-refractivity contribution in [1.29, 1.82) is 0 Å². The number of aromatic hydroxyl groups is 1. The van der Waals surface area contributed by atoms with Crippen LogP contribution in [0.1, 0.15) is 10.4 Å². The van der Waals surface area contributed by atoms with Crippen LogP contribution in [0.15, 0.2) is 51.9 Å². The molecule has 1 saturated heterocycles. The van der Waals surface area contributed by atoms with Gasteiger partial charge >= 0.3 is 5.97 Å². The summed E-state index contributed by atoms with van der Waals surface area (Å²) in [6.45, 7) is 0. The molecule has 28 heavy (non-hydrogen) atoms. The first kappa shape index (κ1) is 19.6. The number of aromatic carboxylic acids is 1. The molecule has 1 atom stereocenters. The first-order chi connectivity index (χ1) is 13.3. The van der Waals surface area contributed by atoms with E-state index < -0.39 is 29.5 Å². The molecule has 0 aromatic heterocycles. The van der Waals surface area contributed by atoms with Crippen molar-refractivity contribution < 1.29 is 24.6 Å². The number of carboxylic acids is 1. The zero-order chi connectivity index (χ0) is 20.4. The molecule has 0 saturated carbocycles. The van der Waals surface area contributed by atoms with Crippen LogP contribution < -0.4 is 10.2 Å². The lowest BCUT2D eigenvalue weighted by atomic mass is 10.1. The van der Waals surface area contributed by atoms with E-state index in [4.69, 9.17) is 17.3 Å². The first-order valence-corrected chi connectivity index (χ1v) is 9.03. The van der Waals surface area contributed by atoms with E-state index in [0.29, 0.717) is 5.69 Å². The molecule has 3 N–H and O–H groups in total. The summed E-state index contributed by atoms with van der Waals surface area (Å²) in [6.07, 6.45) is 1.11. The number of carboxylic acid groups (broad SMARTS) is 1. The lowest BCUT2D eigenvalue weighted by molar-refractivity contribution is -0.130. The highest BCUT2D eigenvalue weighted by Crippen LogP contribution is 2.25. The predicted molar refractivity (Wildman–Crippen MR) is 109 cm³/mol. The lowest BCUT2D eigenvalue weighted by Gasteiger charge is -2.30. The Kier molecular flexibility index (Phi) is 5.52. The highest BCUT2D eigenvalue weighted by molar-refractivity contribution is 9.10. The number of aliphatic imine (C=N–C) groups is 1. The zero-order valence-electron chi connectivity index (χ0n) is 14.0. The molecule has 8 nitrogen and oxygen atoms in total. The number of nitrogens with one attached hydrogen (secondary N) is 1. The number of benzene rings is 2. The third-order valence-corrected chi connectivity index (χ3v) is 4.68. The Hall–Kier alpha value is -3.11. The molecule has 0 unspecified atom stereocenters. The van der Waals surface area contributed by atoms with E-state index >= 15 is 0 Å². The van der Waals surface area contributed by atoms with Crippen molar-refractivity contribution in [3.63, 3.8) is 0 Å². The van der Waals surface area contributed by atoms with Crippen molar-refractivity contribution in [2.45, 2.75) is 0 Å². The number of amides is 2. The van der Waals surface area contributed by atoms with Crippen LogP contribution in [0.5, 0.6) is 5.75 Å². The molecule has 2 aromatic rings. The van der Waals surface area contributed by atoms with E-state index in [1.807, 2.05) is 0 Å². The molecule has 1 fully saturated rings. The van der Waals surface area contributed by atoms with Gasteiger partial charge in [0.15, 0.2) is 11.0 Å². The number of carbonyl (C=O) groups excluding carboxylic acids is 2. The number of halogens is 1. The van der Waals surface area contributed by atoms with Gasteiger partial charge < -0.3 is 15.5 Å². The molecule has 142 valence electrons. The maximum Gasteiger partial charge on any atom is 0.339 e. The van der Waals surface area contributed by atoms with Gasteiger partial charge in [0, 0.05) is 10.7 Å². The van der Waals surface area contributed by atoms with Gasteiger partial charge in [0.1, 0.15) is 11.3 Å².